The number of fused-ring (bicyclic) bond motifs is 1. The SMILES string of the molecule is CCc1cc(C(=O)O)cc2c(CCCO)cn(CCN)c12. The van der Waals surface area contributed by atoms with Gasteiger partial charge in [0.1, 0.15) is 0 Å². The molecule has 0 saturated heterocycles. The van der Waals surface area contributed by atoms with Gasteiger partial charge in [0.05, 0.1) is 11.1 Å². The van der Waals surface area contributed by atoms with Crippen molar-refractivity contribution in [2.45, 2.75) is 32.7 Å². The van der Waals surface area contributed by atoms with Crippen LogP contribution in [-0.2, 0) is 19.4 Å². The summed E-state index contributed by atoms with van der Waals surface area (Å²) in [6, 6.07) is 3.48. The van der Waals surface area contributed by atoms with Crippen molar-refractivity contribution < 1.29 is 15.0 Å². The van der Waals surface area contributed by atoms with Gasteiger partial charge in [-0.05, 0) is 42.5 Å². The molecular formula is C16H22N2O3. The van der Waals surface area contributed by atoms with Crippen LogP contribution in [0.25, 0.3) is 10.9 Å². The quantitative estimate of drug-likeness (QED) is 0.725. The van der Waals surface area contributed by atoms with E-state index in [1.807, 2.05) is 13.1 Å². The summed E-state index contributed by atoms with van der Waals surface area (Å²) in [4.78, 5) is 11.3. The number of benzene rings is 1. The predicted octanol–water partition coefficient (Wildman–Crippen LogP) is 1.79. The third-order valence-corrected chi connectivity index (χ3v) is 3.74. The summed E-state index contributed by atoms with van der Waals surface area (Å²) in [6.45, 7) is 3.39. The van der Waals surface area contributed by atoms with Crippen LogP contribution >= 0.6 is 0 Å². The number of rotatable bonds is 7. The van der Waals surface area contributed by atoms with Gasteiger partial charge in [0.15, 0.2) is 0 Å². The first-order chi connectivity index (χ1) is 10.1. The lowest BCUT2D eigenvalue weighted by atomic mass is 10.0. The van der Waals surface area contributed by atoms with E-state index in [4.69, 9.17) is 10.8 Å². The molecule has 1 aromatic carbocycles. The maximum absolute atomic E-state index is 11.3. The van der Waals surface area contributed by atoms with E-state index in [-0.39, 0.29) is 6.61 Å². The number of nitrogens with zero attached hydrogens (tertiary/aromatic N) is 1. The zero-order chi connectivity index (χ0) is 15.4. The van der Waals surface area contributed by atoms with Crippen molar-refractivity contribution in [3.05, 3.63) is 35.0 Å². The number of aryl methyl sites for hydroxylation is 2. The summed E-state index contributed by atoms with van der Waals surface area (Å²) in [5.74, 6) is -0.911. The lowest BCUT2D eigenvalue weighted by Gasteiger charge is -2.09. The minimum absolute atomic E-state index is 0.128. The molecule has 0 aliphatic rings. The van der Waals surface area contributed by atoms with E-state index in [1.165, 1.54) is 0 Å². The molecule has 0 amide bonds. The minimum atomic E-state index is -0.911. The van der Waals surface area contributed by atoms with Gasteiger partial charge in [-0.15, -0.1) is 0 Å². The summed E-state index contributed by atoms with van der Waals surface area (Å²) >= 11 is 0. The molecule has 5 nitrogen and oxygen atoms in total. The number of nitrogens with two attached hydrogens (primary N) is 1. The summed E-state index contributed by atoms with van der Waals surface area (Å²) in [7, 11) is 0. The van der Waals surface area contributed by atoms with Crippen LogP contribution in [0.15, 0.2) is 18.3 Å². The van der Waals surface area contributed by atoms with E-state index in [0.29, 0.717) is 25.1 Å². The second-order valence-electron chi connectivity index (χ2n) is 5.15. The lowest BCUT2D eigenvalue weighted by molar-refractivity contribution is 0.0697. The zero-order valence-electron chi connectivity index (χ0n) is 12.3. The van der Waals surface area contributed by atoms with Crippen LogP contribution in [0.5, 0.6) is 0 Å². The van der Waals surface area contributed by atoms with E-state index < -0.39 is 5.97 Å². The molecular weight excluding hydrogens is 268 g/mol. The van der Waals surface area contributed by atoms with Gasteiger partial charge in [-0.2, -0.15) is 0 Å². The van der Waals surface area contributed by atoms with E-state index in [9.17, 15) is 9.90 Å². The average Bonchev–Trinajstić information content (AvgIpc) is 2.82. The molecule has 5 heteroatoms. The van der Waals surface area contributed by atoms with Crippen LogP contribution in [-0.4, -0.2) is 33.9 Å². The van der Waals surface area contributed by atoms with Gasteiger partial charge in [0.25, 0.3) is 0 Å². The van der Waals surface area contributed by atoms with Gasteiger partial charge in [0.2, 0.25) is 0 Å². The number of carboxylic acid groups (broad SMARTS) is 1. The molecule has 1 heterocycles. The standard InChI is InChI=1S/C16H22N2O3/c1-2-11-8-13(16(20)21)9-14-12(4-3-7-19)10-18(6-5-17)15(11)14/h8-10,19H,2-7,17H2,1H3,(H,20,21). The van der Waals surface area contributed by atoms with Crippen LogP contribution in [0, 0.1) is 0 Å². The number of hydrogen-bond acceptors (Lipinski definition) is 3. The van der Waals surface area contributed by atoms with Crippen molar-refractivity contribution in [1.82, 2.24) is 4.57 Å². The van der Waals surface area contributed by atoms with Crippen molar-refractivity contribution in [2.24, 2.45) is 5.73 Å². The number of aromatic nitrogens is 1. The maximum atomic E-state index is 11.3. The number of aliphatic hydroxyl groups is 1. The Labute approximate surface area is 124 Å². The summed E-state index contributed by atoms with van der Waals surface area (Å²) in [5, 5.41) is 19.3. The smallest absolute Gasteiger partial charge is 0.335 e. The van der Waals surface area contributed by atoms with Crippen molar-refractivity contribution >= 4 is 16.9 Å². The molecule has 0 saturated carbocycles. The highest BCUT2D eigenvalue weighted by Crippen LogP contribution is 2.28. The molecule has 0 aliphatic carbocycles. The Balaban J connectivity index is 2.67. The third kappa shape index (κ3) is 3.09. The van der Waals surface area contributed by atoms with E-state index in [0.717, 1.165) is 34.9 Å². The number of aliphatic hydroxyl groups excluding tert-OH is 1. The molecule has 114 valence electrons. The number of carbonyl (C=O) groups is 1. The zero-order valence-corrected chi connectivity index (χ0v) is 12.3. The highest BCUT2D eigenvalue weighted by molar-refractivity contribution is 5.96. The molecule has 1 aromatic heterocycles. The Morgan fingerprint density at radius 3 is 2.67 bits per heavy atom. The van der Waals surface area contributed by atoms with Gasteiger partial charge >= 0.3 is 5.97 Å². The van der Waals surface area contributed by atoms with E-state index >= 15 is 0 Å². The summed E-state index contributed by atoms with van der Waals surface area (Å²) < 4.78 is 2.10. The van der Waals surface area contributed by atoms with Crippen LogP contribution in [0.3, 0.4) is 0 Å². The van der Waals surface area contributed by atoms with E-state index in [1.54, 1.807) is 12.1 Å². The monoisotopic (exact) mass is 290 g/mol. The third-order valence-electron chi connectivity index (χ3n) is 3.74. The molecule has 0 bridgehead atoms. The Morgan fingerprint density at radius 2 is 2.10 bits per heavy atom. The Morgan fingerprint density at radius 1 is 1.33 bits per heavy atom. The molecule has 0 aliphatic heterocycles. The fourth-order valence-corrected chi connectivity index (χ4v) is 2.78. The molecule has 0 unspecified atom stereocenters. The fourth-order valence-electron chi connectivity index (χ4n) is 2.78. The normalized spacial score (nSPS) is 11.2. The average molecular weight is 290 g/mol. The lowest BCUT2D eigenvalue weighted by Crippen LogP contribution is -2.09. The molecule has 2 rings (SSSR count). The van der Waals surface area contributed by atoms with Gasteiger partial charge < -0.3 is 20.5 Å². The van der Waals surface area contributed by atoms with Crippen LogP contribution in [0.4, 0.5) is 0 Å². The topological polar surface area (TPSA) is 88.5 Å². The molecule has 21 heavy (non-hydrogen) atoms. The van der Waals surface area contributed by atoms with Crippen LogP contribution in [0.2, 0.25) is 0 Å². The largest absolute Gasteiger partial charge is 0.478 e. The van der Waals surface area contributed by atoms with Crippen LogP contribution in [0.1, 0.15) is 34.8 Å². The van der Waals surface area contributed by atoms with Crippen molar-refractivity contribution in [3.63, 3.8) is 0 Å². The van der Waals surface area contributed by atoms with Crippen LogP contribution < -0.4 is 5.73 Å². The number of hydrogen-bond donors (Lipinski definition) is 3. The minimum Gasteiger partial charge on any atom is -0.478 e. The first-order valence-electron chi connectivity index (χ1n) is 7.31. The highest BCUT2D eigenvalue weighted by atomic mass is 16.4. The molecule has 0 atom stereocenters. The second kappa shape index (κ2) is 6.74. The Hall–Kier alpha value is -1.85. The molecule has 4 N–H and O–H groups in total. The van der Waals surface area contributed by atoms with E-state index in [2.05, 4.69) is 4.57 Å². The summed E-state index contributed by atoms with van der Waals surface area (Å²) in [5.41, 5.74) is 9.16. The Kier molecular flexibility index (Phi) is 4.98. The van der Waals surface area contributed by atoms with Gasteiger partial charge in [-0.1, -0.05) is 6.92 Å². The number of aromatic carboxylic acids is 1. The number of carboxylic acids is 1. The van der Waals surface area contributed by atoms with Gasteiger partial charge in [-0.3, -0.25) is 0 Å². The van der Waals surface area contributed by atoms with Crippen molar-refractivity contribution in [1.29, 1.82) is 0 Å². The molecule has 0 radical (unpaired) electrons. The van der Waals surface area contributed by atoms with Crippen molar-refractivity contribution in [2.75, 3.05) is 13.2 Å². The van der Waals surface area contributed by atoms with Crippen molar-refractivity contribution in [3.8, 4) is 0 Å². The van der Waals surface area contributed by atoms with Gasteiger partial charge in [0, 0.05) is 31.3 Å². The summed E-state index contributed by atoms with van der Waals surface area (Å²) in [6.07, 6.45) is 4.21. The highest BCUT2D eigenvalue weighted by Gasteiger charge is 2.15. The Bertz CT molecular complexity index is 646. The fraction of sp³-hybridized carbons (Fsp3) is 0.438. The molecule has 2 aromatic rings. The molecule has 0 spiro atoms. The first-order valence-corrected chi connectivity index (χ1v) is 7.31. The van der Waals surface area contributed by atoms with Gasteiger partial charge in [-0.25, -0.2) is 4.79 Å². The predicted molar refractivity (Wildman–Crippen MR) is 82.7 cm³/mol. The second-order valence-corrected chi connectivity index (χ2v) is 5.15. The molecule has 0 fully saturated rings. The maximum Gasteiger partial charge on any atom is 0.335 e. The first kappa shape index (κ1) is 15.5.